The van der Waals surface area contributed by atoms with Gasteiger partial charge >= 0.3 is 5.97 Å². The lowest BCUT2D eigenvalue weighted by Gasteiger charge is -2.32. The van der Waals surface area contributed by atoms with Gasteiger partial charge in [0, 0.05) is 23.0 Å². The molecule has 4 rings (SSSR count). The topological polar surface area (TPSA) is 55.8 Å². The monoisotopic (exact) mass is 383 g/mol. The van der Waals surface area contributed by atoms with Crippen molar-refractivity contribution in [1.29, 1.82) is 0 Å². The molecule has 1 amide bonds. The summed E-state index contributed by atoms with van der Waals surface area (Å²) in [7, 11) is 0. The van der Waals surface area contributed by atoms with Crippen LogP contribution in [0.2, 0.25) is 5.02 Å². The Morgan fingerprint density at radius 3 is 2.48 bits per heavy atom. The first kappa shape index (κ1) is 17.6. The summed E-state index contributed by atoms with van der Waals surface area (Å²) >= 11 is 5.96. The van der Waals surface area contributed by atoms with Crippen molar-refractivity contribution in [3.63, 3.8) is 0 Å². The second-order valence-corrected chi connectivity index (χ2v) is 6.84. The van der Waals surface area contributed by atoms with Gasteiger partial charge < -0.3 is 9.47 Å². The average Bonchev–Trinajstić information content (AvgIpc) is 3.05. The predicted molar refractivity (Wildman–Crippen MR) is 102 cm³/mol. The van der Waals surface area contributed by atoms with Crippen molar-refractivity contribution >= 4 is 29.2 Å². The normalized spacial score (nSPS) is 19.2. The van der Waals surface area contributed by atoms with E-state index in [1.54, 1.807) is 29.2 Å². The highest BCUT2D eigenvalue weighted by atomic mass is 35.5. The van der Waals surface area contributed by atoms with Crippen LogP contribution in [0.4, 0.5) is 5.69 Å². The summed E-state index contributed by atoms with van der Waals surface area (Å²) in [6.07, 6.45) is 0.199. The van der Waals surface area contributed by atoms with Crippen LogP contribution in [0, 0.1) is 0 Å². The zero-order chi connectivity index (χ0) is 19.0. The van der Waals surface area contributed by atoms with Crippen LogP contribution in [-0.4, -0.2) is 25.1 Å². The largest absolute Gasteiger partial charge is 0.494 e. The molecule has 2 aliphatic rings. The van der Waals surface area contributed by atoms with E-state index in [1.807, 2.05) is 31.2 Å². The number of rotatable bonds is 4. The number of halogens is 1. The summed E-state index contributed by atoms with van der Waals surface area (Å²) in [5.41, 5.74) is 2.74. The van der Waals surface area contributed by atoms with Gasteiger partial charge in [0.1, 0.15) is 12.4 Å². The molecule has 27 heavy (non-hydrogen) atoms. The van der Waals surface area contributed by atoms with Gasteiger partial charge in [0.15, 0.2) is 0 Å². The van der Waals surface area contributed by atoms with Crippen LogP contribution in [-0.2, 0) is 14.3 Å². The number of benzene rings is 2. The number of amides is 1. The number of ether oxygens (including phenoxy) is 2. The Hall–Kier alpha value is -2.79. The van der Waals surface area contributed by atoms with Crippen molar-refractivity contribution in [3.8, 4) is 5.75 Å². The summed E-state index contributed by atoms with van der Waals surface area (Å²) < 4.78 is 10.8. The van der Waals surface area contributed by atoms with Gasteiger partial charge in [-0.25, -0.2) is 4.79 Å². The molecule has 0 spiro atoms. The Morgan fingerprint density at radius 1 is 1.11 bits per heavy atom. The molecule has 0 bridgehead atoms. The van der Waals surface area contributed by atoms with Crippen LogP contribution >= 0.6 is 11.6 Å². The minimum Gasteiger partial charge on any atom is -0.494 e. The van der Waals surface area contributed by atoms with Crippen LogP contribution in [0.1, 0.15) is 24.8 Å². The number of cyclic esters (lactones) is 1. The third-order valence-corrected chi connectivity index (χ3v) is 5.05. The summed E-state index contributed by atoms with van der Waals surface area (Å²) in [5, 5.41) is 0.587. The first-order valence-electron chi connectivity index (χ1n) is 8.80. The van der Waals surface area contributed by atoms with Crippen molar-refractivity contribution in [2.75, 3.05) is 18.1 Å². The van der Waals surface area contributed by atoms with E-state index in [0.29, 0.717) is 28.6 Å². The summed E-state index contributed by atoms with van der Waals surface area (Å²) in [4.78, 5) is 27.0. The van der Waals surface area contributed by atoms with Crippen molar-refractivity contribution in [3.05, 3.63) is 70.4 Å². The quantitative estimate of drug-likeness (QED) is 0.747. The van der Waals surface area contributed by atoms with Crippen LogP contribution in [0.25, 0.3) is 0 Å². The molecule has 0 unspecified atom stereocenters. The Labute approximate surface area is 162 Å². The molecule has 0 aromatic heterocycles. The molecule has 0 saturated carbocycles. The maximum absolute atomic E-state index is 12.9. The van der Waals surface area contributed by atoms with Gasteiger partial charge in [-0.1, -0.05) is 23.7 Å². The third-order valence-electron chi connectivity index (χ3n) is 4.80. The van der Waals surface area contributed by atoms with Crippen molar-refractivity contribution in [2.45, 2.75) is 19.3 Å². The Balaban J connectivity index is 1.74. The smallest absolute Gasteiger partial charge is 0.336 e. The van der Waals surface area contributed by atoms with E-state index in [9.17, 15) is 9.59 Å². The fourth-order valence-electron chi connectivity index (χ4n) is 3.59. The number of nitrogens with zero attached hydrogens (tertiary/aromatic N) is 1. The molecule has 5 nitrogen and oxygen atoms in total. The zero-order valence-electron chi connectivity index (χ0n) is 14.8. The summed E-state index contributed by atoms with van der Waals surface area (Å²) in [6.45, 7) is 2.60. The Kier molecular flexibility index (Phi) is 4.62. The lowest BCUT2D eigenvalue weighted by molar-refractivity contribution is -0.136. The van der Waals surface area contributed by atoms with E-state index in [4.69, 9.17) is 21.1 Å². The van der Waals surface area contributed by atoms with Crippen molar-refractivity contribution in [1.82, 2.24) is 0 Å². The van der Waals surface area contributed by atoms with E-state index in [2.05, 4.69) is 0 Å². The lowest BCUT2D eigenvalue weighted by atomic mass is 9.84. The maximum Gasteiger partial charge on any atom is 0.336 e. The highest BCUT2D eigenvalue weighted by Gasteiger charge is 2.42. The van der Waals surface area contributed by atoms with E-state index >= 15 is 0 Å². The molecule has 0 aliphatic carbocycles. The SMILES string of the molecule is CCOc1ccc([C@@H]2CC(=O)N(c3ccc(Cl)cc3)C3=C2C(=O)OC3)cc1. The first-order valence-corrected chi connectivity index (χ1v) is 9.17. The molecule has 6 heteroatoms. The fraction of sp³-hybridized carbons (Fsp3) is 0.238. The molecule has 1 atom stereocenters. The molecule has 2 aromatic carbocycles. The van der Waals surface area contributed by atoms with Gasteiger partial charge in [-0.2, -0.15) is 0 Å². The minimum atomic E-state index is -0.365. The van der Waals surface area contributed by atoms with Gasteiger partial charge in [0.2, 0.25) is 5.91 Å². The van der Waals surface area contributed by atoms with Gasteiger partial charge in [-0.15, -0.1) is 0 Å². The molecule has 138 valence electrons. The van der Waals surface area contributed by atoms with Gasteiger partial charge in [0.05, 0.1) is 17.9 Å². The van der Waals surface area contributed by atoms with Crippen LogP contribution in [0.5, 0.6) is 5.75 Å². The van der Waals surface area contributed by atoms with E-state index in [0.717, 1.165) is 11.3 Å². The highest BCUT2D eigenvalue weighted by molar-refractivity contribution is 6.30. The average molecular weight is 384 g/mol. The number of carbonyl (C=O) groups excluding carboxylic acids is 2. The summed E-state index contributed by atoms with van der Waals surface area (Å²) in [5.74, 6) is -0.000268. The van der Waals surface area contributed by atoms with Gasteiger partial charge in [-0.05, 0) is 48.9 Å². The van der Waals surface area contributed by atoms with Crippen LogP contribution < -0.4 is 9.64 Å². The van der Waals surface area contributed by atoms with Gasteiger partial charge in [0.25, 0.3) is 0 Å². The van der Waals surface area contributed by atoms with Crippen molar-refractivity contribution in [2.24, 2.45) is 0 Å². The second kappa shape index (κ2) is 7.08. The molecule has 2 aromatic rings. The van der Waals surface area contributed by atoms with E-state index < -0.39 is 0 Å². The molecular formula is C21H18ClNO4. The number of hydrogen-bond acceptors (Lipinski definition) is 4. The first-order chi connectivity index (χ1) is 13.1. The maximum atomic E-state index is 12.9. The number of hydrogen-bond donors (Lipinski definition) is 0. The Bertz CT molecular complexity index is 918. The molecule has 2 heterocycles. The second-order valence-electron chi connectivity index (χ2n) is 6.40. The molecule has 0 fully saturated rings. The summed E-state index contributed by atoms with van der Waals surface area (Å²) in [6, 6.07) is 14.5. The Morgan fingerprint density at radius 2 is 1.81 bits per heavy atom. The minimum absolute atomic E-state index is 0.0757. The zero-order valence-corrected chi connectivity index (χ0v) is 15.5. The van der Waals surface area contributed by atoms with Crippen LogP contribution in [0.3, 0.4) is 0 Å². The highest BCUT2D eigenvalue weighted by Crippen LogP contribution is 2.42. The number of carbonyl (C=O) groups is 2. The number of anilines is 1. The standard InChI is InChI=1S/C21H18ClNO4/c1-2-26-16-9-3-13(4-10-16)17-11-19(24)23(15-7-5-14(22)6-8-15)18-12-27-21(25)20(17)18/h3-10,17H,2,11-12H2,1H3/t17-/m0/s1. The van der Waals surface area contributed by atoms with Gasteiger partial charge in [-0.3, -0.25) is 9.69 Å². The van der Waals surface area contributed by atoms with Crippen LogP contribution in [0.15, 0.2) is 59.8 Å². The lowest BCUT2D eigenvalue weighted by Crippen LogP contribution is -2.37. The number of esters is 1. The third kappa shape index (κ3) is 3.19. The molecule has 0 N–H and O–H groups in total. The molecule has 0 radical (unpaired) electrons. The van der Waals surface area contributed by atoms with Crippen molar-refractivity contribution < 1.29 is 19.1 Å². The molecule has 2 aliphatic heterocycles. The predicted octanol–water partition coefficient (Wildman–Crippen LogP) is 4.07. The van der Waals surface area contributed by atoms with E-state index in [-0.39, 0.29) is 30.8 Å². The van der Waals surface area contributed by atoms with E-state index in [1.165, 1.54) is 0 Å². The molecule has 0 saturated heterocycles. The molecular weight excluding hydrogens is 366 g/mol. The fourth-order valence-corrected chi connectivity index (χ4v) is 3.72.